The molecule has 1 atom stereocenters. The van der Waals surface area contributed by atoms with Gasteiger partial charge in [-0.2, -0.15) is 0 Å². The van der Waals surface area contributed by atoms with Crippen molar-refractivity contribution in [3.05, 3.63) is 63.6 Å². The Balaban J connectivity index is 1.84. The van der Waals surface area contributed by atoms with Gasteiger partial charge in [0.1, 0.15) is 5.54 Å². The molecule has 0 radical (unpaired) electrons. The highest BCUT2D eigenvalue weighted by atomic mass is 35.5. The summed E-state index contributed by atoms with van der Waals surface area (Å²) in [6, 6.07) is 9.26. The van der Waals surface area contributed by atoms with Gasteiger partial charge >= 0.3 is 6.03 Å². The van der Waals surface area contributed by atoms with Crippen LogP contribution in [0.2, 0.25) is 10.0 Å². The van der Waals surface area contributed by atoms with Crippen molar-refractivity contribution in [2.45, 2.75) is 17.4 Å². The van der Waals surface area contributed by atoms with Crippen molar-refractivity contribution < 1.29 is 22.8 Å². The van der Waals surface area contributed by atoms with Gasteiger partial charge in [-0.05, 0) is 42.8 Å². The van der Waals surface area contributed by atoms with E-state index in [1.54, 1.807) is 6.07 Å². The molecular formula is C19H17Cl2N3O5S. The number of urea groups is 1. The van der Waals surface area contributed by atoms with Crippen molar-refractivity contribution in [3.8, 4) is 0 Å². The van der Waals surface area contributed by atoms with Gasteiger partial charge in [-0.3, -0.25) is 14.5 Å². The molecule has 158 valence electrons. The standard InChI is InChI=1S/C19H17Cl2N3O5S/c1-19(12-4-2-3-11(9-12)16(22)25)17(26)24(18(27)23-19)7-8-30(28,29)15-10-13(20)5-6-14(15)21/h2-6,9-10H,7-8H2,1H3,(H2,22,25)(H,23,27). The fourth-order valence-corrected chi connectivity index (χ4v) is 5.14. The van der Waals surface area contributed by atoms with Crippen LogP contribution in [0.4, 0.5) is 4.79 Å². The fourth-order valence-electron chi connectivity index (χ4n) is 3.12. The number of benzene rings is 2. The molecule has 1 aliphatic rings. The van der Waals surface area contributed by atoms with Gasteiger partial charge in [0.2, 0.25) is 5.91 Å². The van der Waals surface area contributed by atoms with Gasteiger partial charge < -0.3 is 11.1 Å². The molecule has 0 aliphatic carbocycles. The number of carbonyl (C=O) groups excluding carboxylic acids is 3. The predicted molar refractivity (Wildman–Crippen MR) is 111 cm³/mol. The van der Waals surface area contributed by atoms with Crippen LogP contribution >= 0.6 is 23.2 Å². The Hall–Kier alpha value is -2.62. The third kappa shape index (κ3) is 4.00. The zero-order valence-electron chi connectivity index (χ0n) is 15.7. The predicted octanol–water partition coefficient (Wildman–Crippen LogP) is 2.33. The first-order valence-electron chi connectivity index (χ1n) is 8.68. The Labute approximate surface area is 182 Å². The number of rotatable bonds is 6. The minimum Gasteiger partial charge on any atom is -0.366 e. The van der Waals surface area contributed by atoms with Crippen LogP contribution in [0.15, 0.2) is 47.4 Å². The molecule has 30 heavy (non-hydrogen) atoms. The third-order valence-corrected chi connectivity index (χ3v) is 7.22. The number of hydrogen-bond donors (Lipinski definition) is 2. The molecule has 0 bridgehead atoms. The number of carbonyl (C=O) groups is 3. The second-order valence-electron chi connectivity index (χ2n) is 6.85. The van der Waals surface area contributed by atoms with E-state index in [1.807, 2.05) is 0 Å². The lowest BCUT2D eigenvalue weighted by molar-refractivity contribution is -0.130. The van der Waals surface area contributed by atoms with Crippen molar-refractivity contribution in [2.75, 3.05) is 12.3 Å². The molecule has 0 spiro atoms. The Kier molecular flexibility index (Phi) is 5.81. The van der Waals surface area contributed by atoms with E-state index in [1.165, 1.54) is 43.3 Å². The Morgan fingerprint density at radius 1 is 1.17 bits per heavy atom. The van der Waals surface area contributed by atoms with Crippen LogP contribution in [0.1, 0.15) is 22.8 Å². The molecular weight excluding hydrogens is 453 g/mol. The van der Waals surface area contributed by atoms with Gasteiger partial charge in [0.05, 0.1) is 15.7 Å². The number of nitrogens with zero attached hydrogens (tertiary/aromatic N) is 1. The van der Waals surface area contributed by atoms with Crippen molar-refractivity contribution >= 4 is 50.9 Å². The highest BCUT2D eigenvalue weighted by Gasteiger charge is 2.49. The molecule has 3 N–H and O–H groups in total. The lowest BCUT2D eigenvalue weighted by Gasteiger charge is -2.22. The average Bonchev–Trinajstić information content (AvgIpc) is 2.91. The van der Waals surface area contributed by atoms with Gasteiger partial charge in [0.15, 0.2) is 9.84 Å². The zero-order chi connectivity index (χ0) is 22.3. The highest BCUT2D eigenvalue weighted by Crippen LogP contribution is 2.30. The van der Waals surface area contributed by atoms with Gasteiger partial charge in [-0.1, -0.05) is 35.3 Å². The maximum Gasteiger partial charge on any atom is 0.325 e. The molecule has 1 saturated heterocycles. The van der Waals surface area contributed by atoms with Crippen LogP contribution in [0.3, 0.4) is 0 Å². The van der Waals surface area contributed by atoms with Gasteiger partial charge in [0.25, 0.3) is 5.91 Å². The van der Waals surface area contributed by atoms with Crippen LogP contribution in [-0.2, 0) is 20.2 Å². The van der Waals surface area contributed by atoms with Gasteiger partial charge in [0, 0.05) is 17.1 Å². The van der Waals surface area contributed by atoms with E-state index >= 15 is 0 Å². The van der Waals surface area contributed by atoms with Gasteiger partial charge in [-0.25, -0.2) is 13.2 Å². The number of sulfone groups is 1. The van der Waals surface area contributed by atoms with Crippen molar-refractivity contribution in [1.29, 1.82) is 0 Å². The summed E-state index contributed by atoms with van der Waals surface area (Å²) >= 11 is 11.8. The van der Waals surface area contributed by atoms with Crippen molar-refractivity contribution in [3.63, 3.8) is 0 Å². The van der Waals surface area contributed by atoms with Crippen LogP contribution in [0.25, 0.3) is 0 Å². The second kappa shape index (κ2) is 7.90. The maximum absolute atomic E-state index is 13.0. The smallest absolute Gasteiger partial charge is 0.325 e. The number of imide groups is 1. The molecule has 11 heteroatoms. The summed E-state index contributed by atoms with van der Waals surface area (Å²) in [4.78, 5) is 37.5. The van der Waals surface area contributed by atoms with E-state index in [0.29, 0.717) is 5.56 Å². The quantitative estimate of drug-likeness (QED) is 0.627. The number of amides is 4. The molecule has 2 aromatic rings. The van der Waals surface area contributed by atoms with E-state index in [0.717, 1.165) is 4.90 Å². The molecule has 0 aromatic heterocycles. The summed E-state index contributed by atoms with van der Waals surface area (Å²) < 4.78 is 25.3. The molecule has 1 heterocycles. The number of nitrogens with one attached hydrogen (secondary N) is 1. The summed E-state index contributed by atoms with van der Waals surface area (Å²) in [5.74, 6) is -1.87. The largest absolute Gasteiger partial charge is 0.366 e. The third-order valence-electron chi connectivity index (χ3n) is 4.81. The summed E-state index contributed by atoms with van der Waals surface area (Å²) in [6.45, 7) is 1.08. The summed E-state index contributed by atoms with van der Waals surface area (Å²) in [7, 11) is -3.92. The van der Waals surface area contributed by atoms with Crippen LogP contribution in [0.5, 0.6) is 0 Å². The van der Waals surface area contributed by atoms with E-state index in [2.05, 4.69) is 5.32 Å². The van der Waals surface area contributed by atoms with E-state index in [4.69, 9.17) is 28.9 Å². The fraction of sp³-hybridized carbons (Fsp3) is 0.211. The van der Waals surface area contributed by atoms with Crippen LogP contribution < -0.4 is 11.1 Å². The molecule has 2 aromatic carbocycles. The normalized spacial score (nSPS) is 19.1. The van der Waals surface area contributed by atoms with E-state index < -0.39 is 39.0 Å². The summed E-state index contributed by atoms with van der Waals surface area (Å²) in [5.41, 5.74) is 4.33. The minimum absolute atomic E-state index is 0.00953. The second-order valence-corrected chi connectivity index (χ2v) is 9.77. The van der Waals surface area contributed by atoms with Crippen LogP contribution in [0, 0.1) is 0 Å². The first-order valence-corrected chi connectivity index (χ1v) is 11.1. The SMILES string of the molecule is CC1(c2cccc(C(N)=O)c2)NC(=O)N(CCS(=O)(=O)c2cc(Cl)ccc2Cl)C1=O. The van der Waals surface area contributed by atoms with E-state index in [9.17, 15) is 22.8 Å². The van der Waals surface area contributed by atoms with E-state index in [-0.39, 0.29) is 27.0 Å². The Morgan fingerprint density at radius 3 is 2.53 bits per heavy atom. The topological polar surface area (TPSA) is 127 Å². The molecule has 8 nitrogen and oxygen atoms in total. The highest BCUT2D eigenvalue weighted by molar-refractivity contribution is 7.91. The Bertz CT molecular complexity index is 1170. The summed E-state index contributed by atoms with van der Waals surface area (Å²) in [6.07, 6.45) is 0. The lowest BCUT2D eigenvalue weighted by atomic mass is 9.90. The minimum atomic E-state index is -3.92. The molecule has 4 amide bonds. The Morgan fingerprint density at radius 2 is 1.87 bits per heavy atom. The number of primary amides is 1. The summed E-state index contributed by atoms with van der Waals surface area (Å²) in [5, 5.41) is 2.73. The number of hydrogen-bond acceptors (Lipinski definition) is 5. The molecule has 3 rings (SSSR count). The monoisotopic (exact) mass is 469 g/mol. The van der Waals surface area contributed by atoms with Crippen molar-refractivity contribution in [2.24, 2.45) is 5.73 Å². The first-order chi connectivity index (χ1) is 14.0. The maximum atomic E-state index is 13.0. The number of nitrogens with two attached hydrogens (primary N) is 1. The lowest BCUT2D eigenvalue weighted by Crippen LogP contribution is -2.41. The molecule has 1 aliphatic heterocycles. The first kappa shape index (κ1) is 22.1. The average molecular weight is 470 g/mol. The van der Waals surface area contributed by atoms with Crippen LogP contribution in [-0.4, -0.2) is 43.5 Å². The zero-order valence-corrected chi connectivity index (χ0v) is 18.0. The van der Waals surface area contributed by atoms with Gasteiger partial charge in [-0.15, -0.1) is 0 Å². The van der Waals surface area contributed by atoms with Crippen molar-refractivity contribution in [1.82, 2.24) is 10.2 Å². The number of halogens is 2. The molecule has 1 unspecified atom stereocenters. The molecule has 0 saturated carbocycles. The molecule has 1 fully saturated rings.